The summed E-state index contributed by atoms with van der Waals surface area (Å²) in [7, 11) is 1.67. The molecule has 1 heterocycles. The fraction of sp³-hybridized carbons (Fsp3) is 0.211. The minimum absolute atomic E-state index is 0.847. The van der Waals surface area contributed by atoms with Gasteiger partial charge in [-0.3, -0.25) is 0 Å². The minimum Gasteiger partial charge on any atom is -0.497 e. The van der Waals surface area contributed by atoms with Gasteiger partial charge in [-0.25, -0.2) is 4.98 Å². The third-order valence-corrected chi connectivity index (χ3v) is 3.82. The van der Waals surface area contributed by atoms with E-state index in [0.29, 0.717) is 0 Å². The maximum Gasteiger partial charge on any atom is 0.131 e. The van der Waals surface area contributed by atoms with Gasteiger partial charge in [0.15, 0.2) is 0 Å². The van der Waals surface area contributed by atoms with Crippen molar-refractivity contribution < 1.29 is 4.74 Å². The van der Waals surface area contributed by atoms with Crippen LogP contribution in [0.4, 0.5) is 11.5 Å². The highest BCUT2D eigenvalue weighted by Crippen LogP contribution is 2.26. The molecule has 0 saturated carbocycles. The van der Waals surface area contributed by atoms with Crippen LogP contribution >= 0.6 is 0 Å². The highest BCUT2D eigenvalue weighted by molar-refractivity contribution is 5.87. The number of benzene rings is 2. The largest absolute Gasteiger partial charge is 0.497 e. The second-order valence-electron chi connectivity index (χ2n) is 5.66. The Morgan fingerprint density at radius 3 is 2.32 bits per heavy atom. The molecular weight excluding hydrogens is 272 g/mol. The van der Waals surface area contributed by atoms with E-state index in [0.717, 1.165) is 22.8 Å². The number of rotatable bonds is 3. The average molecular weight is 292 g/mol. The highest BCUT2D eigenvalue weighted by Gasteiger charge is 2.06. The van der Waals surface area contributed by atoms with Gasteiger partial charge < -0.3 is 10.1 Å². The molecule has 0 aliphatic rings. The van der Waals surface area contributed by atoms with Crippen LogP contribution in [0.25, 0.3) is 10.9 Å². The standard InChI is InChI=1S/C19H20N2O/c1-12-9-14(3)19-17(10-12)13(2)11-18(21-19)20-15-5-7-16(22-4)8-6-15/h5-11H,1-4H3,(H,20,21). The molecule has 1 N–H and O–H groups in total. The quantitative estimate of drug-likeness (QED) is 0.744. The molecule has 3 nitrogen and oxygen atoms in total. The summed E-state index contributed by atoms with van der Waals surface area (Å²) in [4.78, 5) is 4.77. The van der Waals surface area contributed by atoms with Gasteiger partial charge in [-0.15, -0.1) is 0 Å². The number of anilines is 2. The molecule has 0 amide bonds. The summed E-state index contributed by atoms with van der Waals surface area (Å²) >= 11 is 0. The molecule has 0 unspecified atom stereocenters. The first kappa shape index (κ1) is 14.4. The van der Waals surface area contributed by atoms with E-state index in [1.807, 2.05) is 24.3 Å². The number of aromatic nitrogens is 1. The van der Waals surface area contributed by atoms with E-state index in [4.69, 9.17) is 9.72 Å². The van der Waals surface area contributed by atoms with E-state index in [-0.39, 0.29) is 0 Å². The van der Waals surface area contributed by atoms with Gasteiger partial charge in [0.05, 0.1) is 12.6 Å². The van der Waals surface area contributed by atoms with E-state index >= 15 is 0 Å². The highest BCUT2D eigenvalue weighted by atomic mass is 16.5. The van der Waals surface area contributed by atoms with Crippen molar-refractivity contribution in [3.8, 4) is 5.75 Å². The number of ether oxygens (including phenoxy) is 1. The fourth-order valence-electron chi connectivity index (χ4n) is 2.73. The number of nitrogens with one attached hydrogen (secondary N) is 1. The summed E-state index contributed by atoms with van der Waals surface area (Å²) in [6.45, 7) is 6.36. The van der Waals surface area contributed by atoms with Crippen molar-refractivity contribution in [2.24, 2.45) is 0 Å². The summed E-state index contributed by atoms with van der Waals surface area (Å²) in [5, 5.41) is 4.58. The number of aryl methyl sites for hydroxylation is 3. The topological polar surface area (TPSA) is 34.1 Å². The predicted octanol–water partition coefficient (Wildman–Crippen LogP) is 4.91. The lowest BCUT2D eigenvalue weighted by Gasteiger charge is -2.12. The van der Waals surface area contributed by atoms with Crippen LogP contribution in [0, 0.1) is 20.8 Å². The Balaban J connectivity index is 2.00. The molecule has 3 rings (SSSR count). The van der Waals surface area contributed by atoms with Crippen LogP contribution in [0.5, 0.6) is 5.75 Å². The van der Waals surface area contributed by atoms with Crippen molar-refractivity contribution in [2.75, 3.05) is 12.4 Å². The first-order valence-electron chi connectivity index (χ1n) is 7.36. The third kappa shape index (κ3) is 2.75. The third-order valence-electron chi connectivity index (χ3n) is 3.82. The lowest BCUT2D eigenvalue weighted by atomic mass is 10.0. The maximum atomic E-state index is 5.18. The SMILES string of the molecule is COc1ccc(Nc2cc(C)c3cc(C)cc(C)c3n2)cc1. The Bertz CT molecular complexity index is 823. The van der Waals surface area contributed by atoms with Gasteiger partial charge in [0.1, 0.15) is 11.6 Å². The lowest BCUT2D eigenvalue weighted by molar-refractivity contribution is 0.415. The van der Waals surface area contributed by atoms with E-state index in [9.17, 15) is 0 Å². The maximum absolute atomic E-state index is 5.18. The zero-order chi connectivity index (χ0) is 15.7. The van der Waals surface area contributed by atoms with Gasteiger partial charge in [0.25, 0.3) is 0 Å². The smallest absolute Gasteiger partial charge is 0.131 e. The molecule has 0 aliphatic carbocycles. The predicted molar refractivity (Wildman–Crippen MR) is 92.2 cm³/mol. The van der Waals surface area contributed by atoms with Crippen molar-refractivity contribution in [3.05, 3.63) is 59.2 Å². The molecule has 2 aromatic carbocycles. The molecule has 0 aliphatic heterocycles. The summed E-state index contributed by atoms with van der Waals surface area (Å²) in [6, 6.07) is 14.3. The Morgan fingerprint density at radius 1 is 0.909 bits per heavy atom. The van der Waals surface area contributed by atoms with Crippen LogP contribution < -0.4 is 10.1 Å². The van der Waals surface area contributed by atoms with Gasteiger partial charge in [0, 0.05) is 11.1 Å². The van der Waals surface area contributed by atoms with Crippen LogP contribution in [0.2, 0.25) is 0 Å². The number of hydrogen-bond acceptors (Lipinski definition) is 3. The van der Waals surface area contributed by atoms with E-state index in [2.05, 4.69) is 44.3 Å². The van der Waals surface area contributed by atoms with Gasteiger partial charge in [0.2, 0.25) is 0 Å². The van der Waals surface area contributed by atoms with Crippen LogP contribution in [0.15, 0.2) is 42.5 Å². The molecule has 0 radical (unpaired) electrons. The first-order valence-corrected chi connectivity index (χ1v) is 7.36. The zero-order valence-electron chi connectivity index (χ0n) is 13.4. The van der Waals surface area contributed by atoms with E-state index in [1.165, 1.54) is 22.1 Å². The molecule has 0 saturated heterocycles. The molecule has 3 aromatic rings. The summed E-state index contributed by atoms with van der Waals surface area (Å²) in [5.41, 5.74) is 5.76. The van der Waals surface area contributed by atoms with Crippen molar-refractivity contribution in [1.29, 1.82) is 0 Å². The molecule has 112 valence electrons. The second kappa shape index (κ2) is 5.68. The molecule has 0 fully saturated rings. The summed E-state index contributed by atoms with van der Waals surface area (Å²) < 4.78 is 5.18. The van der Waals surface area contributed by atoms with E-state index in [1.54, 1.807) is 7.11 Å². The zero-order valence-corrected chi connectivity index (χ0v) is 13.4. The van der Waals surface area contributed by atoms with Crippen molar-refractivity contribution >= 4 is 22.4 Å². The first-order chi connectivity index (χ1) is 10.6. The Kier molecular flexibility index (Phi) is 3.72. The Hall–Kier alpha value is -2.55. The summed E-state index contributed by atoms with van der Waals surface area (Å²) in [6.07, 6.45) is 0. The minimum atomic E-state index is 0.847. The van der Waals surface area contributed by atoms with Crippen LogP contribution in [-0.4, -0.2) is 12.1 Å². The molecule has 0 bridgehead atoms. The number of methoxy groups -OCH3 is 1. The van der Waals surface area contributed by atoms with Crippen LogP contribution in [0.3, 0.4) is 0 Å². The fourth-order valence-corrected chi connectivity index (χ4v) is 2.73. The van der Waals surface area contributed by atoms with Crippen LogP contribution in [-0.2, 0) is 0 Å². The van der Waals surface area contributed by atoms with Crippen molar-refractivity contribution in [1.82, 2.24) is 4.98 Å². The molecule has 3 heteroatoms. The molecular formula is C19H20N2O. The monoisotopic (exact) mass is 292 g/mol. The lowest BCUT2D eigenvalue weighted by Crippen LogP contribution is -1.97. The van der Waals surface area contributed by atoms with E-state index < -0.39 is 0 Å². The van der Waals surface area contributed by atoms with Gasteiger partial charge >= 0.3 is 0 Å². The molecule has 22 heavy (non-hydrogen) atoms. The Labute approximate surface area is 131 Å². The average Bonchev–Trinajstić information content (AvgIpc) is 2.49. The van der Waals surface area contributed by atoms with Crippen LogP contribution in [0.1, 0.15) is 16.7 Å². The van der Waals surface area contributed by atoms with Crippen molar-refractivity contribution in [2.45, 2.75) is 20.8 Å². The number of pyridine rings is 1. The van der Waals surface area contributed by atoms with Gasteiger partial charge in [-0.05, 0) is 68.3 Å². The number of nitrogens with zero attached hydrogens (tertiary/aromatic N) is 1. The van der Waals surface area contributed by atoms with Gasteiger partial charge in [-0.2, -0.15) is 0 Å². The number of hydrogen-bond donors (Lipinski definition) is 1. The molecule has 0 atom stereocenters. The normalized spacial score (nSPS) is 10.7. The number of fused-ring (bicyclic) bond motifs is 1. The second-order valence-corrected chi connectivity index (χ2v) is 5.66. The molecule has 1 aromatic heterocycles. The Morgan fingerprint density at radius 2 is 1.64 bits per heavy atom. The van der Waals surface area contributed by atoms with Gasteiger partial charge in [-0.1, -0.05) is 11.6 Å². The molecule has 0 spiro atoms. The summed E-state index contributed by atoms with van der Waals surface area (Å²) in [5.74, 6) is 1.71. The van der Waals surface area contributed by atoms with Crippen molar-refractivity contribution in [3.63, 3.8) is 0 Å².